The summed E-state index contributed by atoms with van der Waals surface area (Å²) in [4.78, 5) is 4.20. The van der Waals surface area contributed by atoms with E-state index in [-0.39, 0.29) is 0 Å². The van der Waals surface area contributed by atoms with Crippen molar-refractivity contribution in [1.29, 1.82) is 0 Å². The largest absolute Gasteiger partial charge is 0.376 e. The Morgan fingerprint density at radius 2 is 2.17 bits per heavy atom. The van der Waals surface area contributed by atoms with Crippen LogP contribution in [-0.2, 0) is 11.3 Å². The van der Waals surface area contributed by atoms with E-state index in [4.69, 9.17) is 4.74 Å². The molecule has 0 saturated carbocycles. The maximum Gasteiger partial charge on any atom is 0.191 e. The highest BCUT2D eigenvalue weighted by atomic mass is 16.5. The molecule has 2 N–H and O–H groups in total. The van der Waals surface area contributed by atoms with Gasteiger partial charge in [-0.2, -0.15) is 0 Å². The van der Waals surface area contributed by atoms with Crippen LogP contribution in [0.25, 0.3) is 0 Å². The first kappa shape index (κ1) is 12.9. The molecular formula is C14H21N3O. The van der Waals surface area contributed by atoms with E-state index in [9.17, 15) is 0 Å². The number of ether oxygens (including phenoxy) is 1. The number of nitrogens with one attached hydrogen (secondary N) is 2. The molecule has 0 bridgehead atoms. The van der Waals surface area contributed by atoms with Gasteiger partial charge >= 0.3 is 0 Å². The number of nitrogens with zero attached hydrogens (tertiary/aromatic N) is 1. The summed E-state index contributed by atoms with van der Waals surface area (Å²) in [7, 11) is 1.79. The van der Waals surface area contributed by atoms with Gasteiger partial charge in [-0.3, -0.25) is 4.99 Å². The second kappa shape index (κ2) is 7.01. The molecule has 98 valence electrons. The summed E-state index contributed by atoms with van der Waals surface area (Å²) in [5, 5.41) is 6.59. The summed E-state index contributed by atoms with van der Waals surface area (Å²) in [6.07, 6.45) is 2.64. The average Bonchev–Trinajstić information content (AvgIpc) is 2.93. The Morgan fingerprint density at radius 1 is 1.33 bits per heavy atom. The van der Waals surface area contributed by atoms with E-state index < -0.39 is 0 Å². The van der Waals surface area contributed by atoms with Gasteiger partial charge in [0, 0.05) is 26.7 Å². The first-order valence-electron chi connectivity index (χ1n) is 6.48. The zero-order valence-electron chi connectivity index (χ0n) is 10.9. The van der Waals surface area contributed by atoms with E-state index in [1.807, 2.05) is 18.2 Å². The highest BCUT2D eigenvalue weighted by Gasteiger charge is 2.15. The Hall–Kier alpha value is -1.55. The van der Waals surface area contributed by atoms with Crippen molar-refractivity contribution >= 4 is 5.96 Å². The fourth-order valence-electron chi connectivity index (χ4n) is 2.02. The highest BCUT2D eigenvalue weighted by molar-refractivity contribution is 5.79. The molecule has 1 heterocycles. The van der Waals surface area contributed by atoms with Gasteiger partial charge in [0.2, 0.25) is 0 Å². The van der Waals surface area contributed by atoms with Crippen LogP contribution in [0.2, 0.25) is 0 Å². The van der Waals surface area contributed by atoms with E-state index in [1.54, 1.807) is 7.05 Å². The van der Waals surface area contributed by atoms with Crippen molar-refractivity contribution in [1.82, 2.24) is 10.6 Å². The Balaban J connectivity index is 1.72. The number of hydrogen-bond donors (Lipinski definition) is 2. The van der Waals surface area contributed by atoms with Crippen LogP contribution < -0.4 is 10.6 Å². The van der Waals surface area contributed by atoms with Crippen LogP contribution in [0.4, 0.5) is 0 Å². The zero-order valence-corrected chi connectivity index (χ0v) is 10.9. The number of guanidine groups is 1. The summed E-state index contributed by atoms with van der Waals surface area (Å²) in [6, 6.07) is 10.3. The molecule has 2 rings (SSSR count). The Bertz CT molecular complexity index is 372. The lowest BCUT2D eigenvalue weighted by atomic mass is 10.2. The molecule has 1 atom stereocenters. The van der Waals surface area contributed by atoms with Gasteiger partial charge in [-0.15, -0.1) is 0 Å². The lowest BCUT2D eigenvalue weighted by molar-refractivity contribution is 0.114. The summed E-state index contributed by atoms with van der Waals surface area (Å²) >= 11 is 0. The SMILES string of the molecule is CN=C(NCc1ccccc1)NCC1CCCO1. The molecule has 0 aliphatic carbocycles. The van der Waals surface area contributed by atoms with Gasteiger partial charge in [0.05, 0.1) is 6.10 Å². The van der Waals surface area contributed by atoms with Crippen LogP contribution in [0.5, 0.6) is 0 Å². The summed E-state index contributed by atoms with van der Waals surface area (Å²) < 4.78 is 5.57. The molecule has 1 fully saturated rings. The third kappa shape index (κ3) is 4.04. The van der Waals surface area contributed by atoms with Crippen molar-refractivity contribution in [2.45, 2.75) is 25.5 Å². The first-order valence-corrected chi connectivity index (χ1v) is 6.48. The predicted octanol–water partition coefficient (Wildman–Crippen LogP) is 1.53. The van der Waals surface area contributed by atoms with Crippen LogP contribution in [0.15, 0.2) is 35.3 Å². The Labute approximate surface area is 108 Å². The molecular weight excluding hydrogens is 226 g/mol. The second-order valence-electron chi connectivity index (χ2n) is 4.43. The second-order valence-corrected chi connectivity index (χ2v) is 4.43. The summed E-state index contributed by atoms with van der Waals surface area (Å²) in [5.41, 5.74) is 1.25. The Morgan fingerprint density at radius 3 is 2.83 bits per heavy atom. The topological polar surface area (TPSA) is 45.7 Å². The highest BCUT2D eigenvalue weighted by Crippen LogP contribution is 2.10. The minimum absolute atomic E-state index is 0.334. The smallest absolute Gasteiger partial charge is 0.191 e. The van der Waals surface area contributed by atoms with Crippen LogP contribution in [0, 0.1) is 0 Å². The van der Waals surface area contributed by atoms with E-state index in [0.29, 0.717) is 6.10 Å². The zero-order chi connectivity index (χ0) is 12.6. The average molecular weight is 247 g/mol. The van der Waals surface area contributed by atoms with Crippen molar-refractivity contribution in [3.05, 3.63) is 35.9 Å². The molecule has 1 aliphatic heterocycles. The standard InChI is InChI=1S/C14H21N3O/c1-15-14(17-11-13-8-5-9-18-13)16-10-12-6-3-2-4-7-12/h2-4,6-7,13H,5,8-11H2,1H3,(H2,15,16,17). The monoisotopic (exact) mass is 247 g/mol. The van der Waals surface area contributed by atoms with Gasteiger partial charge in [-0.1, -0.05) is 30.3 Å². The van der Waals surface area contributed by atoms with Gasteiger partial charge in [-0.25, -0.2) is 0 Å². The van der Waals surface area contributed by atoms with Crippen molar-refractivity contribution in [2.75, 3.05) is 20.2 Å². The molecule has 4 heteroatoms. The third-order valence-electron chi connectivity index (χ3n) is 3.05. The molecule has 0 radical (unpaired) electrons. The molecule has 0 amide bonds. The molecule has 1 saturated heterocycles. The maximum atomic E-state index is 5.57. The molecule has 0 spiro atoms. The van der Waals surface area contributed by atoms with Gasteiger partial charge in [0.25, 0.3) is 0 Å². The lowest BCUT2D eigenvalue weighted by Crippen LogP contribution is -2.40. The van der Waals surface area contributed by atoms with Crippen LogP contribution >= 0.6 is 0 Å². The number of aliphatic imine (C=N–C) groups is 1. The van der Waals surface area contributed by atoms with Crippen LogP contribution in [0.3, 0.4) is 0 Å². The van der Waals surface area contributed by atoms with Crippen LogP contribution in [0.1, 0.15) is 18.4 Å². The van der Waals surface area contributed by atoms with E-state index in [0.717, 1.165) is 32.1 Å². The first-order chi connectivity index (χ1) is 8.88. The number of hydrogen-bond acceptors (Lipinski definition) is 2. The fourth-order valence-corrected chi connectivity index (χ4v) is 2.02. The molecule has 1 aliphatic rings. The summed E-state index contributed by atoms with van der Waals surface area (Å²) in [5.74, 6) is 0.828. The molecule has 1 aromatic carbocycles. The fraction of sp³-hybridized carbons (Fsp3) is 0.500. The molecule has 1 aromatic rings. The van der Waals surface area contributed by atoms with Crippen molar-refractivity contribution < 1.29 is 4.74 Å². The third-order valence-corrected chi connectivity index (χ3v) is 3.05. The van der Waals surface area contributed by atoms with E-state index in [1.165, 1.54) is 12.0 Å². The minimum atomic E-state index is 0.334. The van der Waals surface area contributed by atoms with Gasteiger partial charge < -0.3 is 15.4 Å². The van der Waals surface area contributed by atoms with Crippen molar-refractivity contribution in [3.8, 4) is 0 Å². The molecule has 18 heavy (non-hydrogen) atoms. The van der Waals surface area contributed by atoms with Gasteiger partial charge in [0.15, 0.2) is 5.96 Å². The van der Waals surface area contributed by atoms with Crippen molar-refractivity contribution in [3.63, 3.8) is 0 Å². The number of rotatable bonds is 4. The maximum absolute atomic E-state index is 5.57. The molecule has 0 aromatic heterocycles. The number of benzene rings is 1. The van der Waals surface area contributed by atoms with Crippen molar-refractivity contribution in [2.24, 2.45) is 4.99 Å². The molecule has 1 unspecified atom stereocenters. The predicted molar refractivity (Wildman–Crippen MR) is 73.6 cm³/mol. The van der Waals surface area contributed by atoms with E-state index >= 15 is 0 Å². The Kier molecular flexibility index (Phi) is 5.02. The van der Waals surface area contributed by atoms with E-state index in [2.05, 4.69) is 27.8 Å². The normalized spacial score (nSPS) is 19.8. The van der Waals surface area contributed by atoms with Gasteiger partial charge in [0.1, 0.15) is 0 Å². The molecule has 4 nitrogen and oxygen atoms in total. The minimum Gasteiger partial charge on any atom is -0.376 e. The van der Waals surface area contributed by atoms with Crippen LogP contribution in [-0.4, -0.2) is 32.3 Å². The lowest BCUT2D eigenvalue weighted by Gasteiger charge is -2.15. The van der Waals surface area contributed by atoms with Gasteiger partial charge in [-0.05, 0) is 18.4 Å². The summed E-state index contributed by atoms with van der Waals surface area (Å²) in [6.45, 7) is 2.50. The quantitative estimate of drug-likeness (QED) is 0.626.